The molecule has 2 aromatic rings. The van der Waals surface area contributed by atoms with Crippen molar-refractivity contribution in [1.29, 1.82) is 0 Å². The van der Waals surface area contributed by atoms with Crippen molar-refractivity contribution in [2.75, 3.05) is 33.3 Å². The normalized spacial score (nSPS) is 23.2. The highest BCUT2D eigenvalue weighted by Crippen LogP contribution is 2.25. The van der Waals surface area contributed by atoms with Crippen molar-refractivity contribution in [2.24, 2.45) is 5.92 Å². The van der Waals surface area contributed by atoms with E-state index in [4.69, 9.17) is 4.74 Å². The lowest BCUT2D eigenvalue weighted by atomic mass is 9.88. The Morgan fingerprint density at radius 1 is 1.08 bits per heavy atom. The van der Waals surface area contributed by atoms with Gasteiger partial charge in [0, 0.05) is 24.3 Å². The first-order chi connectivity index (χ1) is 12.1. The molecule has 1 saturated heterocycles. The van der Waals surface area contributed by atoms with Crippen LogP contribution in [-0.4, -0.2) is 43.6 Å². The lowest BCUT2D eigenvalue weighted by molar-refractivity contribution is -0.914. The number of ether oxygens (including phenoxy) is 1. The summed E-state index contributed by atoms with van der Waals surface area (Å²) in [7, 11) is 2.28. The topological polar surface area (TPSA) is 26.3 Å². The molecule has 0 spiro atoms. The highest BCUT2D eigenvalue weighted by molar-refractivity contribution is 5.97. The van der Waals surface area contributed by atoms with Crippen LogP contribution < -0.4 is 4.74 Å². The largest absolute Gasteiger partial charge is 0.488 e. The highest BCUT2D eigenvalue weighted by atomic mass is 16.5. The third-order valence-electron chi connectivity index (χ3n) is 5.35. The molecular weight excluding hydrogens is 310 g/mol. The molecule has 3 heteroatoms. The molecule has 3 rings (SSSR count). The third kappa shape index (κ3) is 4.70. The Morgan fingerprint density at radius 3 is 2.48 bits per heavy atom. The summed E-state index contributed by atoms with van der Waals surface area (Å²) in [6, 6.07) is 17.9. The lowest BCUT2D eigenvalue weighted by Crippen LogP contribution is -2.52. The van der Waals surface area contributed by atoms with Gasteiger partial charge in [0.15, 0.2) is 5.78 Å². The number of hydrogen-bond acceptors (Lipinski definition) is 2. The molecule has 1 heterocycles. The van der Waals surface area contributed by atoms with Crippen LogP contribution in [-0.2, 0) is 0 Å². The summed E-state index contributed by atoms with van der Waals surface area (Å²) in [5.74, 6) is 1.43. The Morgan fingerprint density at radius 2 is 1.80 bits per heavy atom. The van der Waals surface area contributed by atoms with Crippen LogP contribution in [0.2, 0.25) is 0 Å². The molecule has 0 radical (unpaired) electrons. The standard InChI is InChI=1S/C22H28NO2/c1-18-7-6-10-21(17-18)25-16-15-23(2)13-11-20(12-14-23)22(24)19-8-4-3-5-9-19/h3-10,17,20H,11-16H2,1-2H3/q+1. The zero-order valence-electron chi connectivity index (χ0n) is 15.3. The SMILES string of the molecule is Cc1cccc(OCC[N+]2(C)CCC(C(=O)c3ccccc3)CC2)c1. The maximum atomic E-state index is 12.6. The number of piperidine rings is 1. The van der Waals surface area contributed by atoms with Crippen molar-refractivity contribution in [3.05, 3.63) is 65.7 Å². The number of hydrogen-bond donors (Lipinski definition) is 0. The van der Waals surface area contributed by atoms with E-state index in [-0.39, 0.29) is 5.92 Å². The average molecular weight is 338 g/mol. The van der Waals surface area contributed by atoms with Crippen molar-refractivity contribution in [2.45, 2.75) is 19.8 Å². The van der Waals surface area contributed by atoms with Gasteiger partial charge >= 0.3 is 0 Å². The van der Waals surface area contributed by atoms with Crippen LogP contribution in [0.3, 0.4) is 0 Å². The number of carbonyl (C=O) groups is 1. The molecule has 0 saturated carbocycles. The van der Waals surface area contributed by atoms with E-state index < -0.39 is 0 Å². The van der Waals surface area contributed by atoms with Crippen LogP contribution in [0.1, 0.15) is 28.8 Å². The summed E-state index contributed by atoms with van der Waals surface area (Å²) in [4.78, 5) is 12.6. The van der Waals surface area contributed by atoms with Crippen LogP contribution in [0.4, 0.5) is 0 Å². The van der Waals surface area contributed by atoms with Gasteiger partial charge < -0.3 is 9.22 Å². The minimum absolute atomic E-state index is 0.172. The first kappa shape index (κ1) is 17.7. The minimum Gasteiger partial charge on any atom is -0.488 e. The van der Waals surface area contributed by atoms with Crippen LogP contribution in [0.15, 0.2) is 54.6 Å². The molecule has 0 atom stereocenters. The van der Waals surface area contributed by atoms with Gasteiger partial charge in [0.1, 0.15) is 18.9 Å². The summed E-state index contributed by atoms with van der Waals surface area (Å²) in [5, 5.41) is 0. The number of benzene rings is 2. The van der Waals surface area contributed by atoms with Crippen molar-refractivity contribution in [3.8, 4) is 5.75 Å². The minimum atomic E-state index is 0.172. The van der Waals surface area contributed by atoms with Crippen molar-refractivity contribution >= 4 is 5.78 Å². The number of aryl methyl sites for hydroxylation is 1. The van der Waals surface area contributed by atoms with Gasteiger partial charge in [-0.3, -0.25) is 4.79 Å². The molecule has 1 aliphatic heterocycles. The summed E-state index contributed by atoms with van der Waals surface area (Å²) in [5.41, 5.74) is 2.07. The second kappa shape index (κ2) is 7.83. The quantitative estimate of drug-likeness (QED) is 0.585. The van der Waals surface area contributed by atoms with Crippen LogP contribution in [0, 0.1) is 12.8 Å². The molecule has 2 aromatic carbocycles. The number of quaternary nitrogens is 1. The summed E-state index contributed by atoms with van der Waals surface area (Å²) < 4.78 is 6.91. The summed E-state index contributed by atoms with van der Waals surface area (Å²) in [6.07, 6.45) is 1.93. The molecule has 25 heavy (non-hydrogen) atoms. The Hall–Kier alpha value is -2.13. The fourth-order valence-corrected chi connectivity index (χ4v) is 3.60. The van der Waals surface area contributed by atoms with E-state index in [0.29, 0.717) is 5.78 Å². The van der Waals surface area contributed by atoms with Gasteiger partial charge in [-0.25, -0.2) is 0 Å². The van der Waals surface area contributed by atoms with Gasteiger partial charge in [-0.1, -0.05) is 42.5 Å². The van der Waals surface area contributed by atoms with E-state index in [1.165, 1.54) is 5.56 Å². The van der Waals surface area contributed by atoms with Gasteiger partial charge in [0.05, 0.1) is 20.1 Å². The average Bonchev–Trinajstić information content (AvgIpc) is 2.62. The molecule has 1 aliphatic rings. The van der Waals surface area contributed by atoms with Gasteiger partial charge in [-0.15, -0.1) is 0 Å². The zero-order chi connectivity index (χ0) is 17.7. The monoisotopic (exact) mass is 338 g/mol. The van der Waals surface area contributed by atoms with E-state index in [1.54, 1.807) is 0 Å². The van der Waals surface area contributed by atoms with Crippen LogP contribution in [0.5, 0.6) is 5.75 Å². The van der Waals surface area contributed by atoms with Crippen molar-refractivity contribution < 1.29 is 14.0 Å². The summed E-state index contributed by atoms with van der Waals surface area (Å²) in [6.45, 7) is 5.87. The first-order valence-electron chi connectivity index (χ1n) is 9.18. The third-order valence-corrected chi connectivity index (χ3v) is 5.35. The van der Waals surface area contributed by atoms with E-state index in [2.05, 4.69) is 26.1 Å². The Labute approximate surface area is 150 Å². The van der Waals surface area contributed by atoms with E-state index >= 15 is 0 Å². The molecule has 0 aromatic heterocycles. The predicted molar refractivity (Wildman–Crippen MR) is 101 cm³/mol. The Kier molecular flexibility index (Phi) is 5.54. The highest BCUT2D eigenvalue weighted by Gasteiger charge is 2.33. The first-order valence-corrected chi connectivity index (χ1v) is 9.18. The molecule has 0 bridgehead atoms. The lowest BCUT2D eigenvalue weighted by Gasteiger charge is -2.40. The molecule has 0 N–H and O–H groups in total. The smallest absolute Gasteiger partial charge is 0.166 e. The molecule has 1 fully saturated rings. The van der Waals surface area contributed by atoms with Gasteiger partial charge in [0.2, 0.25) is 0 Å². The van der Waals surface area contributed by atoms with E-state index in [9.17, 15) is 4.79 Å². The summed E-state index contributed by atoms with van der Waals surface area (Å²) >= 11 is 0. The molecule has 0 aliphatic carbocycles. The Bertz CT molecular complexity index is 703. The second-order valence-electron chi connectivity index (χ2n) is 7.46. The van der Waals surface area contributed by atoms with Gasteiger partial charge in [-0.2, -0.15) is 0 Å². The number of likely N-dealkylation sites (tertiary alicyclic amines) is 1. The van der Waals surface area contributed by atoms with Crippen LogP contribution >= 0.6 is 0 Å². The molecule has 0 unspecified atom stereocenters. The van der Waals surface area contributed by atoms with E-state index in [1.807, 2.05) is 42.5 Å². The number of likely N-dealkylation sites (N-methyl/N-ethyl adjacent to an activating group) is 1. The van der Waals surface area contributed by atoms with Crippen LogP contribution in [0.25, 0.3) is 0 Å². The second-order valence-corrected chi connectivity index (χ2v) is 7.46. The molecular formula is C22H28NO2+. The van der Waals surface area contributed by atoms with Crippen molar-refractivity contribution in [3.63, 3.8) is 0 Å². The van der Waals surface area contributed by atoms with Gasteiger partial charge in [0.25, 0.3) is 0 Å². The predicted octanol–water partition coefficient (Wildman–Crippen LogP) is 4.11. The Balaban J connectivity index is 1.48. The number of rotatable bonds is 6. The number of carbonyl (C=O) groups excluding carboxylic acids is 1. The molecule has 0 amide bonds. The van der Waals surface area contributed by atoms with Gasteiger partial charge in [-0.05, 0) is 24.6 Å². The molecule has 3 nitrogen and oxygen atoms in total. The molecule has 132 valence electrons. The maximum absolute atomic E-state index is 12.6. The maximum Gasteiger partial charge on any atom is 0.166 e. The van der Waals surface area contributed by atoms with E-state index in [0.717, 1.165) is 54.9 Å². The number of nitrogens with zero attached hydrogens (tertiary/aromatic N) is 1. The number of Topliss-reactive ketones (excluding diaryl/α,β-unsaturated/α-hetero) is 1. The fraction of sp³-hybridized carbons (Fsp3) is 0.409. The van der Waals surface area contributed by atoms with Crippen molar-refractivity contribution in [1.82, 2.24) is 0 Å². The zero-order valence-corrected chi connectivity index (χ0v) is 15.3. The number of ketones is 1. The fourth-order valence-electron chi connectivity index (χ4n) is 3.60.